The molecule has 0 spiro atoms. The minimum absolute atomic E-state index is 0.131. The molecule has 0 heterocycles. The van der Waals surface area contributed by atoms with Gasteiger partial charge < -0.3 is 9.84 Å². The first-order chi connectivity index (χ1) is 7.78. The van der Waals surface area contributed by atoms with Crippen molar-refractivity contribution in [1.29, 1.82) is 0 Å². The average Bonchev–Trinajstić information content (AvgIpc) is 2.78. The molecule has 0 aliphatic heterocycles. The Hall–Kier alpha value is -1.02. The molecule has 1 fully saturated rings. The van der Waals surface area contributed by atoms with Crippen LogP contribution in [0.2, 0.25) is 0 Å². The van der Waals surface area contributed by atoms with E-state index in [2.05, 4.69) is 12.1 Å². The topological polar surface area (TPSA) is 29.5 Å². The van der Waals surface area contributed by atoms with Gasteiger partial charge in [-0.25, -0.2) is 0 Å². The SMILES string of the molecule is COc1cccc(CC2(CO)CCCC2)c1. The number of benzene rings is 1. The third kappa shape index (κ3) is 2.38. The van der Waals surface area contributed by atoms with Crippen molar-refractivity contribution in [3.05, 3.63) is 29.8 Å². The summed E-state index contributed by atoms with van der Waals surface area (Å²) >= 11 is 0. The van der Waals surface area contributed by atoms with Gasteiger partial charge in [-0.3, -0.25) is 0 Å². The molecule has 0 amide bonds. The van der Waals surface area contributed by atoms with Crippen molar-refractivity contribution in [3.8, 4) is 5.75 Å². The largest absolute Gasteiger partial charge is 0.497 e. The maximum Gasteiger partial charge on any atom is 0.119 e. The van der Waals surface area contributed by atoms with Crippen LogP contribution in [0.4, 0.5) is 0 Å². The van der Waals surface area contributed by atoms with E-state index >= 15 is 0 Å². The minimum atomic E-state index is 0.131. The van der Waals surface area contributed by atoms with E-state index < -0.39 is 0 Å². The lowest BCUT2D eigenvalue weighted by Crippen LogP contribution is -2.24. The van der Waals surface area contributed by atoms with Crippen LogP contribution in [0.25, 0.3) is 0 Å². The van der Waals surface area contributed by atoms with Crippen molar-refractivity contribution in [2.45, 2.75) is 32.1 Å². The Balaban J connectivity index is 2.12. The fourth-order valence-corrected chi connectivity index (χ4v) is 2.73. The highest BCUT2D eigenvalue weighted by Crippen LogP contribution is 2.40. The highest BCUT2D eigenvalue weighted by molar-refractivity contribution is 5.29. The first-order valence-corrected chi connectivity index (χ1v) is 6.02. The number of aliphatic hydroxyl groups is 1. The quantitative estimate of drug-likeness (QED) is 0.845. The standard InChI is InChI=1S/C14H20O2/c1-16-13-6-4-5-12(9-13)10-14(11-15)7-2-3-8-14/h4-6,9,15H,2-3,7-8,10-11H2,1H3. The molecule has 0 unspecified atom stereocenters. The first kappa shape index (κ1) is 11.5. The molecule has 0 atom stereocenters. The molecule has 1 aromatic rings. The van der Waals surface area contributed by atoms with Crippen LogP contribution in [-0.4, -0.2) is 18.8 Å². The molecule has 1 N–H and O–H groups in total. The van der Waals surface area contributed by atoms with E-state index in [1.165, 1.54) is 18.4 Å². The lowest BCUT2D eigenvalue weighted by atomic mass is 9.81. The van der Waals surface area contributed by atoms with Crippen LogP contribution in [0.3, 0.4) is 0 Å². The number of methoxy groups -OCH3 is 1. The molecule has 0 bridgehead atoms. The van der Waals surface area contributed by atoms with Gasteiger partial charge in [0.2, 0.25) is 0 Å². The van der Waals surface area contributed by atoms with Gasteiger partial charge in [0, 0.05) is 6.61 Å². The number of ether oxygens (including phenoxy) is 1. The van der Waals surface area contributed by atoms with E-state index in [0.29, 0.717) is 6.61 Å². The van der Waals surface area contributed by atoms with E-state index in [1.54, 1.807) is 7.11 Å². The summed E-state index contributed by atoms with van der Waals surface area (Å²) in [5.74, 6) is 0.906. The van der Waals surface area contributed by atoms with Crippen molar-refractivity contribution in [2.75, 3.05) is 13.7 Å². The van der Waals surface area contributed by atoms with E-state index in [1.807, 2.05) is 12.1 Å². The molecular formula is C14H20O2. The Morgan fingerprint density at radius 1 is 1.31 bits per heavy atom. The summed E-state index contributed by atoms with van der Waals surface area (Å²) in [6, 6.07) is 8.19. The van der Waals surface area contributed by atoms with E-state index in [4.69, 9.17) is 4.74 Å². The summed E-state index contributed by atoms with van der Waals surface area (Å²) < 4.78 is 5.22. The van der Waals surface area contributed by atoms with Crippen LogP contribution < -0.4 is 4.74 Å². The Morgan fingerprint density at radius 3 is 2.69 bits per heavy atom. The zero-order valence-corrected chi connectivity index (χ0v) is 9.91. The second-order valence-electron chi connectivity index (χ2n) is 4.89. The highest BCUT2D eigenvalue weighted by Gasteiger charge is 2.33. The second-order valence-corrected chi connectivity index (χ2v) is 4.89. The van der Waals surface area contributed by atoms with Gasteiger partial charge in [0.25, 0.3) is 0 Å². The van der Waals surface area contributed by atoms with Crippen LogP contribution in [-0.2, 0) is 6.42 Å². The lowest BCUT2D eigenvalue weighted by Gasteiger charge is -2.26. The number of hydrogen-bond acceptors (Lipinski definition) is 2. The minimum Gasteiger partial charge on any atom is -0.497 e. The summed E-state index contributed by atoms with van der Waals surface area (Å²) in [6.45, 7) is 0.310. The predicted octanol–water partition coefficient (Wildman–Crippen LogP) is 2.79. The number of aliphatic hydroxyl groups excluding tert-OH is 1. The molecule has 2 heteroatoms. The normalized spacial score (nSPS) is 18.6. The third-order valence-electron chi connectivity index (χ3n) is 3.71. The van der Waals surface area contributed by atoms with Crippen molar-refractivity contribution in [2.24, 2.45) is 5.41 Å². The molecule has 1 saturated carbocycles. The van der Waals surface area contributed by atoms with Crippen molar-refractivity contribution < 1.29 is 9.84 Å². The molecule has 2 rings (SSSR count). The zero-order valence-electron chi connectivity index (χ0n) is 9.91. The summed E-state index contributed by atoms with van der Waals surface area (Å²) in [7, 11) is 1.69. The van der Waals surface area contributed by atoms with Gasteiger partial charge in [-0.05, 0) is 42.4 Å². The maximum atomic E-state index is 9.57. The van der Waals surface area contributed by atoms with Crippen LogP contribution in [0.1, 0.15) is 31.2 Å². The smallest absolute Gasteiger partial charge is 0.119 e. The highest BCUT2D eigenvalue weighted by atomic mass is 16.5. The van der Waals surface area contributed by atoms with Gasteiger partial charge >= 0.3 is 0 Å². The predicted molar refractivity (Wildman–Crippen MR) is 64.7 cm³/mol. The molecular weight excluding hydrogens is 200 g/mol. The van der Waals surface area contributed by atoms with Gasteiger partial charge in [-0.1, -0.05) is 25.0 Å². The zero-order chi connectivity index (χ0) is 11.4. The molecule has 1 aromatic carbocycles. The van der Waals surface area contributed by atoms with Crippen molar-refractivity contribution in [1.82, 2.24) is 0 Å². The summed E-state index contributed by atoms with van der Waals surface area (Å²) in [5, 5.41) is 9.57. The van der Waals surface area contributed by atoms with Crippen molar-refractivity contribution >= 4 is 0 Å². The first-order valence-electron chi connectivity index (χ1n) is 6.02. The molecule has 88 valence electrons. The van der Waals surface area contributed by atoms with Crippen LogP contribution in [0, 0.1) is 5.41 Å². The molecule has 16 heavy (non-hydrogen) atoms. The van der Waals surface area contributed by atoms with Gasteiger partial charge in [-0.2, -0.15) is 0 Å². The van der Waals surface area contributed by atoms with Gasteiger partial charge in [0.1, 0.15) is 5.75 Å². The van der Waals surface area contributed by atoms with Gasteiger partial charge in [0.15, 0.2) is 0 Å². The maximum absolute atomic E-state index is 9.57. The second kappa shape index (κ2) is 4.88. The summed E-state index contributed by atoms with van der Waals surface area (Å²) in [6.07, 6.45) is 5.79. The van der Waals surface area contributed by atoms with Crippen LogP contribution >= 0.6 is 0 Å². The molecule has 1 aliphatic rings. The van der Waals surface area contributed by atoms with Gasteiger partial charge in [-0.15, -0.1) is 0 Å². The van der Waals surface area contributed by atoms with Crippen molar-refractivity contribution in [3.63, 3.8) is 0 Å². The molecule has 2 nitrogen and oxygen atoms in total. The van der Waals surface area contributed by atoms with E-state index in [9.17, 15) is 5.11 Å². The van der Waals surface area contributed by atoms with Crippen LogP contribution in [0.5, 0.6) is 5.75 Å². The lowest BCUT2D eigenvalue weighted by molar-refractivity contribution is 0.130. The Labute approximate surface area is 97.3 Å². The van der Waals surface area contributed by atoms with E-state index in [-0.39, 0.29) is 5.41 Å². The molecule has 0 radical (unpaired) electrons. The third-order valence-corrected chi connectivity index (χ3v) is 3.71. The monoisotopic (exact) mass is 220 g/mol. The molecule has 0 aromatic heterocycles. The van der Waals surface area contributed by atoms with Gasteiger partial charge in [0.05, 0.1) is 7.11 Å². The van der Waals surface area contributed by atoms with E-state index in [0.717, 1.165) is 25.0 Å². The number of hydrogen-bond donors (Lipinski definition) is 1. The molecule has 0 saturated heterocycles. The van der Waals surface area contributed by atoms with Crippen LogP contribution in [0.15, 0.2) is 24.3 Å². The molecule has 1 aliphatic carbocycles. The Kier molecular flexibility index (Phi) is 3.49. The summed E-state index contributed by atoms with van der Waals surface area (Å²) in [4.78, 5) is 0. The fourth-order valence-electron chi connectivity index (χ4n) is 2.73. The summed E-state index contributed by atoms with van der Waals surface area (Å²) in [5.41, 5.74) is 1.40. The Bertz CT molecular complexity index is 340. The Morgan fingerprint density at radius 2 is 2.06 bits per heavy atom. The average molecular weight is 220 g/mol. The number of rotatable bonds is 4. The fraction of sp³-hybridized carbons (Fsp3) is 0.571.